The zero-order valence-electron chi connectivity index (χ0n) is 21.2. The van der Waals surface area contributed by atoms with Crippen LogP contribution < -0.4 is 29.1 Å². The Balaban J connectivity index is 1.92. The van der Waals surface area contributed by atoms with Crippen LogP contribution in [0.15, 0.2) is 61.9 Å². The predicted molar refractivity (Wildman–Crippen MR) is 145 cm³/mol. The molecule has 4 rings (SSSR count). The number of aromatic nitrogens is 1. The number of methoxy groups -OCH3 is 2. The van der Waals surface area contributed by atoms with Gasteiger partial charge in [0.15, 0.2) is 16.3 Å². The summed E-state index contributed by atoms with van der Waals surface area (Å²) >= 11 is 4.78. The average molecular weight is 587 g/mol. The molecular weight excluding hydrogens is 560 g/mol. The number of thiazole rings is 1. The zero-order valence-corrected chi connectivity index (χ0v) is 23.6. The minimum atomic E-state index is -0.713. The Bertz CT molecular complexity index is 1560. The second-order valence-electron chi connectivity index (χ2n) is 8.04. The molecule has 1 aromatic heterocycles. The number of carbonyl (C=O) groups excluding carboxylic acids is 1. The van der Waals surface area contributed by atoms with Crippen LogP contribution in [0.25, 0.3) is 6.08 Å². The summed E-state index contributed by atoms with van der Waals surface area (Å²) in [7, 11) is 3.16. The van der Waals surface area contributed by atoms with Crippen LogP contribution in [0.5, 0.6) is 17.2 Å². The molecule has 194 valence electrons. The molecule has 1 aliphatic rings. The number of hydrogen-bond acceptors (Lipinski definition) is 8. The number of fused-ring (bicyclic) bond motifs is 1. The van der Waals surface area contributed by atoms with Gasteiger partial charge in [0.25, 0.3) is 5.56 Å². The number of halogens is 1. The summed E-state index contributed by atoms with van der Waals surface area (Å²) in [6.07, 6.45) is 1.79. The van der Waals surface area contributed by atoms with E-state index in [1.54, 1.807) is 50.8 Å². The van der Waals surface area contributed by atoms with E-state index in [0.717, 1.165) is 11.1 Å². The normalized spacial score (nSPS) is 15.2. The highest BCUT2D eigenvalue weighted by molar-refractivity contribution is 9.10. The second-order valence-corrected chi connectivity index (χ2v) is 9.90. The number of hydrogen-bond donors (Lipinski definition) is 0. The molecule has 0 aliphatic carbocycles. The molecule has 0 unspecified atom stereocenters. The summed E-state index contributed by atoms with van der Waals surface area (Å²) in [5, 5.41) is 0. The third-order valence-corrected chi connectivity index (χ3v) is 7.40. The van der Waals surface area contributed by atoms with Gasteiger partial charge in [0.2, 0.25) is 0 Å². The molecule has 0 fully saturated rings. The van der Waals surface area contributed by atoms with Crippen LogP contribution in [-0.4, -0.2) is 38.0 Å². The molecule has 37 heavy (non-hydrogen) atoms. The largest absolute Gasteiger partial charge is 0.496 e. The van der Waals surface area contributed by atoms with E-state index in [9.17, 15) is 9.59 Å². The number of allylic oxidation sites excluding steroid dienone is 1. The van der Waals surface area contributed by atoms with Gasteiger partial charge in [0, 0.05) is 0 Å². The maximum absolute atomic E-state index is 13.8. The minimum Gasteiger partial charge on any atom is -0.496 e. The number of esters is 1. The fourth-order valence-corrected chi connectivity index (χ4v) is 5.77. The number of ether oxygens (including phenoxy) is 4. The summed E-state index contributed by atoms with van der Waals surface area (Å²) < 4.78 is 24.5. The Labute approximate surface area is 226 Å². The molecule has 8 nitrogen and oxygen atoms in total. The van der Waals surface area contributed by atoms with Gasteiger partial charge < -0.3 is 18.9 Å². The van der Waals surface area contributed by atoms with Crippen molar-refractivity contribution in [2.75, 3.05) is 27.4 Å². The maximum atomic E-state index is 13.8. The molecule has 0 N–H and O–H groups in total. The highest BCUT2D eigenvalue weighted by Gasteiger charge is 2.33. The molecular formula is C27H27BrN2O6S. The lowest BCUT2D eigenvalue weighted by atomic mass is 9.96. The molecule has 10 heteroatoms. The Morgan fingerprint density at radius 3 is 2.46 bits per heavy atom. The SMILES string of the molecule is CCOC(=O)C1=C(C)N=c2s/c(=C/c3ccc(OC)c(OCC)c3)c(=O)n2[C@H]1c1ccc(OC)c(Br)c1. The van der Waals surface area contributed by atoms with Crippen molar-refractivity contribution in [2.24, 2.45) is 4.99 Å². The maximum Gasteiger partial charge on any atom is 0.338 e. The van der Waals surface area contributed by atoms with Gasteiger partial charge in [0.1, 0.15) is 5.75 Å². The number of rotatable bonds is 8. The van der Waals surface area contributed by atoms with Crippen LogP contribution in [0.3, 0.4) is 0 Å². The topological polar surface area (TPSA) is 88.4 Å². The second kappa shape index (κ2) is 11.4. The molecule has 0 spiro atoms. The average Bonchev–Trinajstić information content (AvgIpc) is 3.17. The van der Waals surface area contributed by atoms with Crippen LogP contribution in [0, 0.1) is 0 Å². The third-order valence-electron chi connectivity index (χ3n) is 5.79. The fourth-order valence-electron chi connectivity index (χ4n) is 4.16. The molecule has 1 atom stereocenters. The summed E-state index contributed by atoms with van der Waals surface area (Å²) in [6, 6.07) is 10.2. The van der Waals surface area contributed by atoms with E-state index in [4.69, 9.17) is 18.9 Å². The summed E-state index contributed by atoms with van der Waals surface area (Å²) in [6.45, 7) is 6.08. The first-order valence-corrected chi connectivity index (χ1v) is 13.3. The predicted octanol–water partition coefficient (Wildman–Crippen LogP) is 3.98. The van der Waals surface area contributed by atoms with E-state index in [0.29, 0.717) is 48.9 Å². The van der Waals surface area contributed by atoms with Gasteiger partial charge >= 0.3 is 5.97 Å². The van der Waals surface area contributed by atoms with Gasteiger partial charge in [0.05, 0.1) is 53.8 Å². The van der Waals surface area contributed by atoms with E-state index in [1.807, 2.05) is 31.2 Å². The quantitative estimate of drug-likeness (QED) is 0.371. The smallest absolute Gasteiger partial charge is 0.338 e. The van der Waals surface area contributed by atoms with E-state index in [2.05, 4.69) is 20.9 Å². The van der Waals surface area contributed by atoms with Crippen molar-refractivity contribution in [3.63, 3.8) is 0 Å². The number of carbonyl (C=O) groups is 1. The lowest BCUT2D eigenvalue weighted by molar-refractivity contribution is -0.139. The van der Waals surface area contributed by atoms with Gasteiger partial charge in [-0.3, -0.25) is 9.36 Å². The highest BCUT2D eigenvalue weighted by Crippen LogP contribution is 2.35. The standard InChI is InChI=1S/C27H27BrN2O6S/c1-6-35-21-12-16(8-10-20(21)34-5)13-22-25(31)30-24(17-9-11-19(33-4)18(28)14-17)23(26(32)36-7-2)15(3)29-27(30)37-22/h8-14,24H,6-7H2,1-5H3/b22-13+/t24-/m0/s1. The van der Waals surface area contributed by atoms with Crippen molar-refractivity contribution in [1.29, 1.82) is 0 Å². The zero-order chi connectivity index (χ0) is 26.7. The van der Waals surface area contributed by atoms with Crippen molar-refractivity contribution < 1.29 is 23.7 Å². The van der Waals surface area contributed by atoms with Gasteiger partial charge in [-0.05, 0) is 78.2 Å². The van der Waals surface area contributed by atoms with Crippen LogP contribution in [0.1, 0.15) is 37.9 Å². The van der Waals surface area contributed by atoms with Crippen molar-refractivity contribution in [3.05, 3.63) is 83.0 Å². The van der Waals surface area contributed by atoms with Crippen molar-refractivity contribution >= 4 is 39.3 Å². The number of nitrogens with zero attached hydrogens (tertiary/aromatic N) is 2. The van der Waals surface area contributed by atoms with Gasteiger partial charge in [-0.25, -0.2) is 9.79 Å². The molecule has 2 aromatic carbocycles. The van der Waals surface area contributed by atoms with E-state index in [1.165, 1.54) is 11.3 Å². The monoisotopic (exact) mass is 586 g/mol. The van der Waals surface area contributed by atoms with Gasteiger partial charge in [-0.15, -0.1) is 0 Å². The molecule has 0 saturated carbocycles. The van der Waals surface area contributed by atoms with Crippen LogP contribution >= 0.6 is 27.3 Å². The first-order valence-electron chi connectivity index (χ1n) is 11.7. The number of benzene rings is 2. The van der Waals surface area contributed by atoms with Gasteiger partial charge in [-0.1, -0.05) is 23.5 Å². The molecule has 1 aliphatic heterocycles. The molecule has 0 radical (unpaired) electrons. The van der Waals surface area contributed by atoms with Crippen molar-refractivity contribution in [3.8, 4) is 17.2 Å². The third kappa shape index (κ3) is 5.21. The van der Waals surface area contributed by atoms with Gasteiger partial charge in [-0.2, -0.15) is 0 Å². The Morgan fingerprint density at radius 1 is 1.08 bits per heavy atom. The van der Waals surface area contributed by atoms with E-state index in [-0.39, 0.29) is 12.2 Å². The highest BCUT2D eigenvalue weighted by atomic mass is 79.9. The molecule has 3 aromatic rings. The molecule has 0 amide bonds. The Kier molecular flexibility index (Phi) is 8.19. The fraction of sp³-hybridized carbons (Fsp3) is 0.296. The van der Waals surface area contributed by atoms with E-state index < -0.39 is 12.0 Å². The summed E-state index contributed by atoms with van der Waals surface area (Å²) in [5.41, 5.74) is 2.07. The van der Waals surface area contributed by atoms with Crippen molar-refractivity contribution in [2.45, 2.75) is 26.8 Å². The lowest BCUT2D eigenvalue weighted by Crippen LogP contribution is -2.39. The Hall–Kier alpha value is -3.37. The molecule has 0 bridgehead atoms. The first-order chi connectivity index (χ1) is 17.8. The van der Waals surface area contributed by atoms with E-state index >= 15 is 0 Å². The summed E-state index contributed by atoms with van der Waals surface area (Å²) in [5.74, 6) is 1.33. The van der Waals surface area contributed by atoms with Crippen LogP contribution in [0.2, 0.25) is 0 Å². The lowest BCUT2D eigenvalue weighted by Gasteiger charge is -2.25. The first kappa shape index (κ1) is 26.7. The molecule has 0 saturated heterocycles. The van der Waals surface area contributed by atoms with Crippen molar-refractivity contribution in [1.82, 2.24) is 4.57 Å². The summed E-state index contributed by atoms with van der Waals surface area (Å²) in [4.78, 5) is 32.0. The van der Waals surface area contributed by atoms with Crippen LogP contribution in [-0.2, 0) is 9.53 Å². The van der Waals surface area contributed by atoms with Crippen LogP contribution in [0.4, 0.5) is 0 Å². The Morgan fingerprint density at radius 2 is 1.81 bits per heavy atom. The molecule has 2 heterocycles. The minimum absolute atomic E-state index is 0.207.